The van der Waals surface area contributed by atoms with Crippen molar-refractivity contribution in [2.45, 2.75) is 30.9 Å². The van der Waals surface area contributed by atoms with E-state index in [-0.39, 0.29) is 0 Å². The Labute approximate surface area is 82.8 Å². The molecule has 0 rings (SSSR count). The minimum atomic E-state index is -4.75. The Morgan fingerprint density at radius 1 is 1.20 bits per heavy atom. The van der Waals surface area contributed by atoms with E-state index in [1.54, 1.807) is 0 Å². The first-order valence-electron chi connectivity index (χ1n) is 3.94. The van der Waals surface area contributed by atoms with Gasteiger partial charge in [0.15, 0.2) is 5.78 Å². The molecule has 0 aromatic heterocycles. The average molecular weight is 232 g/mol. The van der Waals surface area contributed by atoms with Gasteiger partial charge in [-0.25, -0.2) is 0 Å². The quantitative estimate of drug-likeness (QED) is 0.466. The average Bonchev–Trinajstić information content (AvgIpc) is 2.11. The maximum atomic E-state index is 11.7. The molecule has 0 saturated heterocycles. The van der Waals surface area contributed by atoms with E-state index in [1.807, 2.05) is 0 Å². The van der Waals surface area contributed by atoms with Gasteiger partial charge in [0.1, 0.15) is 18.3 Å². The number of aliphatic hydroxyl groups is 4. The topological polar surface area (TPSA) is 98.0 Å². The van der Waals surface area contributed by atoms with Crippen molar-refractivity contribution < 1.29 is 38.4 Å². The summed E-state index contributed by atoms with van der Waals surface area (Å²) in [5.41, 5.74) is 0. The molecule has 0 unspecified atom stereocenters. The zero-order chi connectivity index (χ0) is 12.2. The summed E-state index contributed by atoms with van der Waals surface area (Å²) in [7, 11) is 0. The Morgan fingerprint density at radius 3 is 2.00 bits per heavy atom. The monoisotopic (exact) mass is 232 g/mol. The molecule has 0 aliphatic carbocycles. The lowest BCUT2D eigenvalue weighted by atomic mass is 10.0. The van der Waals surface area contributed by atoms with Crippen LogP contribution in [0.1, 0.15) is 6.42 Å². The highest BCUT2D eigenvalue weighted by atomic mass is 19.4. The van der Waals surface area contributed by atoms with Crippen LogP contribution in [-0.2, 0) is 4.79 Å². The lowest BCUT2D eigenvalue weighted by Gasteiger charge is -2.18. The highest BCUT2D eigenvalue weighted by molar-refractivity contribution is 5.87. The van der Waals surface area contributed by atoms with E-state index >= 15 is 0 Å². The third kappa shape index (κ3) is 5.07. The minimum Gasteiger partial charge on any atom is -0.394 e. The smallest absolute Gasteiger partial charge is 0.392 e. The fourth-order valence-electron chi connectivity index (χ4n) is 0.806. The van der Waals surface area contributed by atoms with Crippen LogP contribution in [0.3, 0.4) is 0 Å². The maximum Gasteiger partial charge on any atom is 0.392 e. The van der Waals surface area contributed by atoms with Gasteiger partial charge in [0.2, 0.25) is 0 Å². The van der Waals surface area contributed by atoms with Gasteiger partial charge in [0, 0.05) is 0 Å². The number of carbonyl (C=O) groups excluding carboxylic acids is 1. The van der Waals surface area contributed by atoms with E-state index in [9.17, 15) is 18.0 Å². The second kappa shape index (κ2) is 5.40. The number of alkyl halides is 3. The summed E-state index contributed by atoms with van der Waals surface area (Å²) in [5.74, 6) is -1.58. The fraction of sp³-hybridized carbons (Fsp3) is 0.857. The number of carbonyl (C=O) groups is 1. The molecule has 0 aliphatic rings. The molecular weight excluding hydrogens is 221 g/mol. The SMILES string of the molecule is O=C([C@H](O)CC(F)(F)F)[C@H](O)[C@@H](O)CO. The molecule has 15 heavy (non-hydrogen) atoms. The van der Waals surface area contributed by atoms with Crippen LogP contribution in [0.15, 0.2) is 0 Å². The lowest BCUT2D eigenvalue weighted by Crippen LogP contribution is -2.43. The van der Waals surface area contributed by atoms with Crippen molar-refractivity contribution in [2.75, 3.05) is 6.61 Å². The molecule has 8 heteroatoms. The highest BCUT2D eigenvalue weighted by Crippen LogP contribution is 2.22. The largest absolute Gasteiger partial charge is 0.394 e. The van der Waals surface area contributed by atoms with Gasteiger partial charge in [-0.3, -0.25) is 4.79 Å². The molecule has 0 heterocycles. The van der Waals surface area contributed by atoms with Crippen LogP contribution >= 0.6 is 0 Å². The van der Waals surface area contributed by atoms with E-state index in [4.69, 9.17) is 20.4 Å². The van der Waals surface area contributed by atoms with E-state index in [1.165, 1.54) is 0 Å². The van der Waals surface area contributed by atoms with Crippen molar-refractivity contribution in [3.8, 4) is 0 Å². The Hall–Kier alpha value is -0.700. The van der Waals surface area contributed by atoms with Gasteiger partial charge in [-0.05, 0) is 0 Å². The molecule has 0 spiro atoms. The molecule has 5 nitrogen and oxygen atoms in total. The van der Waals surface area contributed by atoms with Gasteiger partial charge in [-0.2, -0.15) is 13.2 Å². The first-order valence-corrected chi connectivity index (χ1v) is 3.94. The Balaban J connectivity index is 4.32. The van der Waals surface area contributed by atoms with E-state index in [0.29, 0.717) is 0 Å². The Morgan fingerprint density at radius 2 is 1.67 bits per heavy atom. The molecule has 0 radical (unpaired) electrons. The predicted octanol–water partition coefficient (Wildman–Crippen LogP) is -1.42. The van der Waals surface area contributed by atoms with Crippen LogP contribution < -0.4 is 0 Å². The molecule has 0 aromatic rings. The van der Waals surface area contributed by atoms with Crippen molar-refractivity contribution in [3.05, 3.63) is 0 Å². The summed E-state index contributed by atoms with van der Waals surface area (Å²) in [5, 5.41) is 34.6. The Bertz CT molecular complexity index is 217. The number of Topliss-reactive ketones (excluding diaryl/α,β-unsaturated/α-hetero) is 1. The molecule has 0 aliphatic heterocycles. The van der Waals surface area contributed by atoms with Gasteiger partial charge in [0.05, 0.1) is 13.0 Å². The highest BCUT2D eigenvalue weighted by Gasteiger charge is 2.37. The molecule has 90 valence electrons. The third-order valence-corrected chi connectivity index (χ3v) is 1.60. The number of halogens is 3. The van der Waals surface area contributed by atoms with Crippen molar-refractivity contribution in [3.63, 3.8) is 0 Å². The van der Waals surface area contributed by atoms with Crippen molar-refractivity contribution in [1.29, 1.82) is 0 Å². The number of hydrogen-bond acceptors (Lipinski definition) is 5. The summed E-state index contributed by atoms with van der Waals surface area (Å²) in [6.45, 7) is -0.994. The molecule has 0 amide bonds. The number of rotatable bonds is 5. The van der Waals surface area contributed by atoms with Crippen LogP contribution in [0.5, 0.6) is 0 Å². The lowest BCUT2D eigenvalue weighted by molar-refractivity contribution is -0.169. The first kappa shape index (κ1) is 14.3. The zero-order valence-electron chi connectivity index (χ0n) is 7.48. The number of hydrogen-bond donors (Lipinski definition) is 4. The number of aliphatic hydroxyl groups excluding tert-OH is 4. The van der Waals surface area contributed by atoms with Gasteiger partial charge >= 0.3 is 6.18 Å². The van der Waals surface area contributed by atoms with E-state index in [0.717, 1.165) is 0 Å². The first-order chi connectivity index (χ1) is 6.69. The van der Waals surface area contributed by atoms with Gasteiger partial charge in [-0.1, -0.05) is 0 Å². The Kier molecular flexibility index (Phi) is 5.15. The van der Waals surface area contributed by atoms with E-state index < -0.39 is 43.3 Å². The van der Waals surface area contributed by atoms with Crippen LogP contribution in [0.4, 0.5) is 13.2 Å². The van der Waals surface area contributed by atoms with Crippen LogP contribution in [0.2, 0.25) is 0 Å². The standard InChI is InChI=1S/C7H11F3O5/c8-7(9,10)1-3(12)5(14)6(15)4(13)2-11/h3-4,6,11-13,15H,1-2H2/t3-,4+,6-/m1/s1. The molecule has 0 bridgehead atoms. The zero-order valence-corrected chi connectivity index (χ0v) is 7.48. The predicted molar refractivity (Wildman–Crippen MR) is 40.8 cm³/mol. The molecular formula is C7H11F3O5. The van der Waals surface area contributed by atoms with Gasteiger partial charge < -0.3 is 20.4 Å². The van der Waals surface area contributed by atoms with Gasteiger partial charge in [-0.15, -0.1) is 0 Å². The summed E-state index contributed by atoms with van der Waals surface area (Å²) < 4.78 is 35.1. The normalized spacial score (nSPS) is 18.3. The van der Waals surface area contributed by atoms with Crippen molar-refractivity contribution in [2.24, 2.45) is 0 Å². The minimum absolute atomic E-state index is 0.994. The van der Waals surface area contributed by atoms with Crippen molar-refractivity contribution >= 4 is 5.78 Å². The summed E-state index contributed by atoms with van der Waals surface area (Å²) in [4.78, 5) is 10.8. The van der Waals surface area contributed by atoms with Crippen molar-refractivity contribution in [1.82, 2.24) is 0 Å². The van der Waals surface area contributed by atoms with E-state index in [2.05, 4.69) is 0 Å². The summed E-state index contributed by atoms with van der Waals surface area (Å²) >= 11 is 0. The summed E-state index contributed by atoms with van der Waals surface area (Å²) in [6, 6.07) is 0. The molecule has 4 N–H and O–H groups in total. The molecule has 0 aromatic carbocycles. The fourth-order valence-corrected chi connectivity index (χ4v) is 0.806. The molecule has 3 atom stereocenters. The molecule has 0 fully saturated rings. The number of ketones is 1. The summed E-state index contributed by atoms with van der Waals surface area (Å²) in [6.07, 6.45) is -13.1. The third-order valence-electron chi connectivity index (χ3n) is 1.60. The van der Waals surface area contributed by atoms with Crippen LogP contribution in [0, 0.1) is 0 Å². The van der Waals surface area contributed by atoms with Crippen LogP contribution in [0.25, 0.3) is 0 Å². The maximum absolute atomic E-state index is 11.7. The molecule has 0 saturated carbocycles. The second-order valence-electron chi connectivity index (χ2n) is 2.93. The second-order valence-corrected chi connectivity index (χ2v) is 2.93. The van der Waals surface area contributed by atoms with Crippen LogP contribution in [-0.4, -0.2) is 57.3 Å². The van der Waals surface area contributed by atoms with Gasteiger partial charge in [0.25, 0.3) is 0 Å².